The zero-order valence-electron chi connectivity index (χ0n) is 12.8. The highest BCUT2D eigenvalue weighted by molar-refractivity contribution is 5.96. The zero-order valence-corrected chi connectivity index (χ0v) is 12.8. The van der Waals surface area contributed by atoms with E-state index in [1.54, 1.807) is 0 Å². The lowest BCUT2D eigenvalue weighted by molar-refractivity contribution is 0.0630. The van der Waals surface area contributed by atoms with Crippen LogP contribution in [0, 0.1) is 5.92 Å². The molecule has 112 valence electrons. The molecule has 0 spiro atoms. The summed E-state index contributed by atoms with van der Waals surface area (Å²) in [6.45, 7) is 3.18. The second-order valence-electron chi connectivity index (χ2n) is 6.96. The minimum atomic E-state index is 0.288. The van der Waals surface area contributed by atoms with E-state index in [1.165, 1.54) is 36.9 Å². The van der Waals surface area contributed by atoms with Gasteiger partial charge in [-0.2, -0.15) is 0 Å². The van der Waals surface area contributed by atoms with E-state index in [2.05, 4.69) is 29.0 Å². The molecule has 2 fully saturated rings. The Bertz CT molecular complexity index is 568. The fourth-order valence-corrected chi connectivity index (χ4v) is 4.53. The van der Waals surface area contributed by atoms with Crippen LogP contribution in [0.1, 0.15) is 40.7 Å². The Morgan fingerprint density at radius 1 is 1.19 bits per heavy atom. The third-order valence-corrected chi connectivity index (χ3v) is 5.70. The second-order valence-corrected chi connectivity index (χ2v) is 6.96. The van der Waals surface area contributed by atoms with Crippen molar-refractivity contribution in [3.8, 4) is 0 Å². The van der Waals surface area contributed by atoms with Gasteiger partial charge in [-0.05, 0) is 68.8 Å². The number of carbonyl (C=O) groups is 1. The predicted octanol–water partition coefficient (Wildman–Crippen LogP) is 2.34. The summed E-state index contributed by atoms with van der Waals surface area (Å²) in [5, 5.41) is 0. The number of fused-ring (bicyclic) bond motifs is 2. The molecular weight excluding hydrogens is 260 g/mol. The molecule has 3 heteroatoms. The number of hydrogen-bond donors (Lipinski definition) is 0. The maximum Gasteiger partial charge on any atom is 0.254 e. The number of likely N-dealkylation sites (N-methyl/N-ethyl adjacent to an activating group) is 1. The van der Waals surface area contributed by atoms with Gasteiger partial charge in [0.05, 0.1) is 0 Å². The third-order valence-electron chi connectivity index (χ3n) is 5.70. The van der Waals surface area contributed by atoms with E-state index in [-0.39, 0.29) is 5.91 Å². The summed E-state index contributed by atoms with van der Waals surface area (Å²) in [7, 11) is 2.18. The minimum Gasteiger partial charge on any atom is -0.334 e. The highest BCUT2D eigenvalue weighted by Gasteiger charge is 2.40. The second kappa shape index (κ2) is 5.13. The first-order valence-electron chi connectivity index (χ1n) is 8.34. The Labute approximate surface area is 126 Å². The molecule has 3 nitrogen and oxygen atoms in total. The summed E-state index contributed by atoms with van der Waals surface area (Å²) in [5.41, 5.74) is 3.71. The first-order valence-corrected chi connectivity index (χ1v) is 8.34. The normalized spacial score (nSPS) is 28.5. The van der Waals surface area contributed by atoms with Crippen molar-refractivity contribution in [1.29, 1.82) is 0 Å². The monoisotopic (exact) mass is 284 g/mol. The van der Waals surface area contributed by atoms with Crippen molar-refractivity contribution in [3.63, 3.8) is 0 Å². The molecule has 4 rings (SSSR count). The molecular formula is C18H24N2O. The van der Waals surface area contributed by atoms with Gasteiger partial charge in [0.1, 0.15) is 0 Å². The Morgan fingerprint density at radius 2 is 2.05 bits per heavy atom. The lowest BCUT2D eigenvalue weighted by Gasteiger charge is -2.36. The molecule has 0 bridgehead atoms. The quantitative estimate of drug-likeness (QED) is 0.790. The zero-order chi connectivity index (χ0) is 14.4. The van der Waals surface area contributed by atoms with Gasteiger partial charge >= 0.3 is 0 Å². The van der Waals surface area contributed by atoms with Crippen molar-refractivity contribution >= 4 is 5.91 Å². The molecule has 3 aliphatic rings. The lowest BCUT2D eigenvalue weighted by atomic mass is 9.92. The van der Waals surface area contributed by atoms with Crippen molar-refractivity contribution in [1.82, 2.24) is 9.80 Å². The van der Waals surface area contributed by atoms with Crippen molar-refractivity contribution in [3.05, 3.63) is 34.9 Å². The molecule has 21 heavy (non-hydrogen) atoms. The molecule has 0 unspecified atom stereocenters. The average molecular weight is 284 g/mol. The largest absolute Gasteiger partial charge is 0.334 e. The molecule has 0 saturated carbocycles. The smallest absolute Gasteiger partial charge is 0.254 e. The number of benzene rings is 1. The van der Waals surface area contributed by atoms with Gasteiger partial charge in [-0.1, -0.05) is 12.1 Å². The van der Waals surface area contributed by atoms with Crippen LogP contribution in [-0.4, -0.2) is 48.4 Å². The maximum absolute atomic E-state index is 13.1. The SMILES string of the molecule is CN1CC[C@@H]2CCN(C(=O)c3cccc4c3CCC4)[C@H]2C1. The van der Waals surface area contributed by atoms with Gasteiger partial charge in [0.25, 0.3) is 5.91 Å². The molecule has 1 amide bonds. The molecule has 0 aromatic heterocycles. The van der Waals surface area contributed by atoms with E-state index in [0.717, 1.165) is 37.4 Å². The summed E-state index contributed by atoms with van der Waals surface area (Å²) in [5.74, 6) is 1.01. The molecule has 0 radical (unpaired) electrons. The maximum atomic E-state index is 13.1. The number of piperidine rings is 1. The van der Waals surface area contributed by atoms with Gasteiger partial charge in [-0.25, -0.2) is 0 Å². The van der Waals surface area contributed by atoms with Crippen molar-refractivity contribution in [2.24, 2.45) is 5.92 Å². The molecule has 2 heterocycles. The van der Waals surface area contributed by atoms with Crippen LogP contribution in [0.25, 0.3) is 0 Å². The number of hydrogen-bond acceptors (Lipinski definition) is 2. The number of nitrogens with zero attached hydrogens (tertiary/aromatic N) is 2. The first kappa shape index (κ1) is 13.3. The number of aryl methyl sites for hydroxylation is 1. The van der Waals surface area contributed by atoms with Crippen LogP contribution < -0.4 is 0 Å². The summed E-state index contributed by atoms with van der Waals surface area (Å²) in [4.78, 5) is 17.6. The summed E-state index contributed by atoms with van der Waals surface area (Å²) >= 11 is 0. The van der Waals surface area contributed by atoms with Gasteiger partial charge in [0, 0.05) is 24.7 Å². The number of likely N-dealkylation sites (tertiary alicyclic amines) is 2. The molecule has 1 aromatic rings. The average Bonchev–Trinajstić information content (AvgIpc) is 3.12. The Balaban J connectivity index is 1.62. The van der Waals surface area contributed by atoms with E-state index < -0.39 is 0 Å². The molecule has 2 atom stereocenters. The van der Waals surface area contributed by atoms with E-state index in [0.29, 0.717) is 6.04 Å². The molecule has 1 aliphatic carbocycles. The van der Waals surface area contributed by atoms with Gasteiger partial charge in [0.2, 0.25) is 0 Å². The van der Waals surface area contributed by atoms with E-state index in [9.17, 15) is 4.79 Å². The first-order chi connectivity index (χ1) is 10.2. The Hall–Kier alpha value is -1.35. The minimum absolute atomic E-state index is 0.288. The van der Waals surface area contributed by atoms with Crippen LogP contribution in [0.4, 0.5) is 0 Å². The fourth-order valence-electron chi connectivity index (χ4n) is 4.53. The predicted molar refractivity (Wildman–Crippen MR) is 83.5 cm³/mol. The van der Waals surface area contributed by atoms with Crippen LogP contribution in [0.2, 0.25) is 0 Å². The van der Waals surface area contributed by atoms with Gasteiger partial charge in [-0.3, -0.25) is 4.79 Å². The third kappa shape index (κ3) is 2.18. The number of carbonyl (C=O) groups excluding carboxylic acids is 1. The van der Waals surface area contributed by atoms with Crippen molar-refractivity contribution in [2.75, 3.05) is 26.7 Å². The van der Waals surface area contributed by atoms with E-state index in [1.807, 2.05) is 6.07 Å². The molecule has 2 saturated heterocycles. The van der Waals surface area contributed by atoms with Crippen molar-refractivity contribution < 1.29 is 4.79 Å². The molecule has 0 N–H and O–H groups in total. The summed E-state index contributed by atoms with van der Waals surface area (Å²) in [6, 6.07) is 6.75. The highest BCUT2D eigenvalue weighted by Crippen LogP contribution is 2.34. The molecule has 1 aromatic carbocycles. The van der Waals surface area contributed by atoms with E-state index in [4.69, 9.17) is 0 Å². The Morgan fingerprint density at radius 3 is 2.95 bits per heavy atom. The highest BCUT2D eigenvalue weighted by atomic mass is 16.2. The molecule has 2 aliphatic heterocycles. The Kier molecular flexibility index (Phi) is 3.26. The van der Waals surface area contributed by atoms with Crippen LogP contribution in [0.15, 0.2) is 18.2 Å². The van der Waals surface area contributed by atoms with Crippen LogP contribution in [0.5, 0.6) is 0 Å². The summed E-state index contributed by atoms with van der Waals surface area (Å²) < 4.78 is 0. The standard InChI is InChI=1S/C18H24N2O/c1-19-10-8-14-9-11-20(17(14)12-19)18(21)16-7-3-5-13-4-2-6-15(13)16/h3,5,7,14,17H,2,4,6,8-12H2,1H3/t14-,17+/m1/s1. The lowest BCUT2D eigenvalue weighted by Crippen LogP contribution is -2.48. The van der Waals surface area contributed by atoms with Crippen molar-refractivity contribution in [2.45, 2.75) is 38.1 Å². The van der Waals surface area contributed by atoms with Crippen LogP contribution in [0.3, 0.4) is 0 Å². The number of rotatable bonds is 1. The van der Waals surface area contributed by atoms with E-state index >= 15 is 0 Å². The number of amides is 1. The topological polar surface area (TPSA) is 23.6 Å². The van der Waals surface area contributed by atoms with Crippen LogP contribution >= 0.6 is 0 Å². The fraction of sp³-hybridized carbons (Fsp3) is 0.611. The van der Waals surface area contributed by atoms with Gasteiger partial charge in [0.15, 0.2) is 0 Å². The van der Waals surface area contributed by atoms with Gasteiger partial charge < -0.3 is 9.80 Å². The van der Waals surface area contributed by atoms with Crippen LogP contribution in [-0.2, 0) is 12.8 Å². The van der Waals surface area contributed by atoms with Gasteiger partial charge in [-0.15, -0.1) is 0 Å². The summed E-state index contributed by atoms with van der Waals surface area (Å²) in [6.07, 6.45) is 5.87.